The summed E-state index contributed by atoms with van der Waals surface area (Å²) in [6.45, 7) is 9.96. The fraction of sp³-hybridized carbons (Fsp3) is 0.297. The third-order valence-corrected chi connectivity index (χ3v) is 9.31. The third kappa shape index (κ3) is 7.68. The zero-order valence-corrected chi connectivity index (χ0v) is 31.0. The number of methoxy groups -OCH3 is 1. The van der Waals surface area contributed by atoms with Crippen LogP contribution in [0.1, 0.15) is 62.9 Å². The predicted octanol–water partition coefficient (Wildman–Crippen LogP) is 6.05. The van der Waals surface area contributed by atoms with Crippen LogP contribution in [0.3, 0.4) is 0 Å². The van der Waals surface area contributed by atoms with Crippen molar-refractivity contribution in [1.29, 1.82) is 5.26 Å². The van der Waals surface area contributed by atoms with E-state index in [0.717, 1.165) is 14.7 Å². The number of carbonyl (C=O) groups is 1. The molecule has 0 spiro atoms. The predicted molar refractivity (Wildman–Crippen MR) is 195 cm³/mol. The van der Waals surface area contributed by atoms with Gasteiger partial charge in [0.1, 0.15) is 6.61 Å². The van der Waals surface area contributed by atoms with Crippen LogP contribution in [-0.2, 0) is 16.1 Å². The summed E-state index contributed by atoms with van der Waals surface area (Å²) in [6.07, 6.45) is 1.70. The van der Waals surface area contributed by atoms with Crippen molar-refractivity contribution in [3.63, 3.8) is 0 Å². The van der Waals surface area contributed by atoms with Crippen molar-refractivity contribution in [3.8, 4) is 29.1 Å². The van der Waals surface area contributed by atoms with Gasteiger partial charge in [-0.1, -0.05) is 35.6 Å². The molecule has 0 unspecified atom stereocenters. The Morgan fingerprint density at radius 3 is 2.55 bits per heavy atom. The summed E-state index contributed by atoms with van der Waals surface area (Å²) in [5, 5.41) is 9.49. The lowest BCUT2D eigenvalue weighted by molar-refractivity contribution is -0.139. The fourth-order valence-corrected chi connectivity index (χ4v) is 7.27. The fourth-order valence-electron chi connectivity index (χ4n) is 5.44. The minimum Gasteiger partial charge on any atom is -0.493 e. The van der Waals surface area contributed by atoms with Crippen molar-refractivity contribution in [3.05, 3.63) is 111 Å². The van der Waals surface area contributed by atoms with E-state index in [-0.39, 0.29) is 30.5 Å². The second-order valence-electron chi connectivity index (χ2n) is 11.2. The Kier molecular flexibility index (Phi) is 11.5. The van der Waals surface area contributed by atoms with E-state index >= 15 is 0 Å². The summed E-state index contributed by atoms with van der Waals surface area (Å²) in [5.74, 6) is 1.53. The lowest BCUT2D eigenvalue weighted by Crippen LogP contribution is -2.40. The molecule has 10 nitrogen and oxygen atoms in total. The molecule has 0 aliphatic carbocycles. The van der Waals surface area contributed by atoms with Gasteiger partial charge in [0.05, 0.1) is 63.5 Å². The second kappa shape index (κ2) is 15.7. The van der Waals surface area contributed by atoms with Crippen molar-refractivity contribution < 1.29 is 28.5 Å². The van der Waals surface area contributed by atoms with Crippen molar-refractivity contribution in [1.82, 2.24) is 4.57 Å². The number of hydrogen-bond donors (Lipinski definition) is 0. The van der Waals surface area contributed by atoms with Crippen LogP contribution in [0.25, 0.3) is 6.08 Å². The maximum atomic E-state index is 14.3. The lowest BCUT2D eigenvalue weighted by Gasteiger charge is -2.25. The van der Waals surface area contributed by atoms with Gasteiger partial charge in [-0.05, 0) is 105 Å². The second-order valence-corrected chi connectivity index (χ2v) is 13.4. The number of halogens is 1. The Morgan fingerprint density at radius 1 is 1.08 bits per heavy atom. The van der Waals surface area contributed by atoms with E-state index in [2.05, 4.69) is 28.7 Å². The molecule has 4 aromatic rings. The number of hydrogen-bond acceptors (Lipinski definition) is 10. The Labute approximate surface area is 302 Å². The van der Waals surface area contributed by atoms with Gasteiger partial charge in [-0.2, -0.15) is 5.26 Å². The molecule has 0 amide bonds. The minimum atomic E-state index is -0.814. The average molecular weight is 794 g/mol. The van der Waals surface area contributed by atoms with E-state index in [9.17, 15) is 14.9 Å². The summed E-state index contributed by atoms with van der Waals surface area (Å²) in [6, 6.07) is 17.8. The number of benzene rings is 3. The van der Waals surface area contributed by atoms with E-state index in [1.165, 1.54) is 15.9 Å². The van der Waals surface area contributed by atoms with Gasteiger partial charge in [-0.25, -0.2) is 9.79 Å². The van der Waals surface area contributed by atoms with E-state index < -0.39 is 12.0 Å². The summed E-state index contributed by atoms with van der Waals surface area (Å²) in [5.41, 5.74) is 3.09. The van der Waals surface area contributed by atoms with E-state index in [1.54, 1.807) is 45.2 Å². The van der Waals surface area contributed by atoms with Crippen LogP contribution in [0.5, 0.6) is 23.0 Å². The van der Waals surface area contributed by atoms with Gasteiger partial charge < -0.3 is 23.7 Å². The summed E-state index contributed by atoms with van der Waals surface area (Å²) in [4.78, 5) is 32.8. The number of rotatable bonds is 12. The molecule has 0 N–H and O–H groups in total. The largest absolute Gasteiger partial charge is 0.493 e. The first-order chi connectivity index (χ1) is 23.6. The summed E-state index contributed by atoms with van der Waals surface area (Å²) >= 11 is 3.41. The average Bonchev–Trinajstić information content (AvgIpc) is 3.37. The highest BCUT2D eigenvalue weighted by Gasteiger charge is 2.34. The van der Waals surface area contributed by atoms with Gasteiger partial charge >= 0.3 is 5.97 Å². The minimum absolute atomic E-state index is 0.0816. The van der Waals surface area contributed by atoms with Crippen LogP contribution >= 0.6 is 33.9 Å². The highest BCUT2D eigenvalue weighted by molar-refractivity contribution is 14.1. The first-order valence-corrected chi connectivity index (χ1v) is 17.6. The molecule has 1 aliphatic rings. The van der Waals surface area contributed by atoms with E-state index in [0.29, 0.717) is 55.8 Å². The number of thiazole rings is 1. The molecule has 0 fully saturated rings. The number of esters is 1. The molecule has 3 aromatic carbocycles. The number of ether oxygens (including phenoxy) is 5. The zero-order chi connectivity index (χ0) is 35.2. The SMILES string of the molecule is CCOC(=O)C1=C(C)N=c2s/c(=C\c3cc(I)c(OCc4ccccc4C#N)c(OCC)c3)c(=O)n2[C@H]1c1ccc(OC(C)C)c(OC)c1. The van der Waals surface area contributed by atoms with Crippen molar-refractivity contribution in [2.24, 2.45) is 4.99 Å². The molecule has 1 aliphatic heterocycles. The number of aromatic nitrogens is 1. The van der Waals surface area contributed by atoms with Gasteiger partial charge in [-0.15, -0.1) is 0 Å². The van der Waals surface area contributed by atoms with Gasteiger partial charge in [0.2, 0.25) is 0 Å². The standard InChI is InChI=1S/C37H36IN3O7S/c1-7-45-30-16-23(15-27(38)34(30)47-20-26-12-10-9-11-25(26)19-39)17-31-35(42)41-33(24-13-14-28(48-21(3)4)29(18-24)44-6)32(36(43)46-8-2)22(5)40-37(41)49-31/h9-18,21,33H,7-8,20H2,1-6H3/b31-17-/t33-/m0/s1. The number of allylic oxidation sites excluding steroid dienone is 1. The molecule has 254 valence electrons. The van der Waals surface area contributed by atoms with Crippen LogP contribution < -0.4 is 33.8 Å². The monoisotopic (exact) mass is 793 g/mol. The highest BCUT2D eigenvalue weighted by atomic mass is 127. The number of nitrogens with zero attached hydrogens (tertiary/aromatic N) is 3. The number of carbonyl (C=O) groups excluding carboxylic acids is 1. The maximum Gasteiger partial charge on any atom is 0.338 e. The first kappa shape index (κ1) is 35.7. The van der Waals surface area contributed by atoms with Gasteiger partial charge in [0, 0.05) is 5.56 Å². The summed E-state index contributed by atoms with van der Waals surface area (Å²) in [7, 11) is 1.55. The molecular weight excluding hydrogens is 757 g/mol. The molecule has 1 atom stereocenters. The van der Waals surface area contributed by atoms with Gasteiger partial charge in [-0.3, -0.25) is 9.36 Å². The molecular formula is C37H36IN3O7S. The third-order valence-electron chi connectivity index (χ3n) is 7.52. The number of fused-ring (bicyclic) bond motifs is 1. The molecule has 12 heteroatoms. The van der Waals surface area contributed by atoms with Gasteiger partial charge in [0.25, 0.3) is 5.56 Å². The molecule has 0 saturated heterocycles. The Hall–Kier alpha value is -4.61. The van der Waals surface area contributed by atoms with Crippen molar-refractivity contribution in [2.75, 3.05) is 20.3 Å². The van der Waals surface area contributed by atoms with Crippen molar-refractivity contribution in [2.45, 2.75) is 53.4 Å². The van der Waals surface area contributed by atoms with Crippen LogP contribution in [0.2, 0.25) is 0 Å². The lowest BCUT2D eigenvalue weighted by atomic mass is 9.95. The van der Waals surface area contributed by atoms with E-state index in [4.69, 9.17) is 28.7 Å². The zero-order valence-electron chi connectivity index (χ0n) is 28.0. The summed E-state index contributed by atoms with van der Waals surface area (Å²) < 4.78 is 31.9. The Bertz CT molecular complexity index is 2150. The van der Waals surface area contributed by atoms with Gasteiger partial charge in [0.15, 0.2) is 27.8 Å². The molecule has 5 rings (SSSR count). The Balaban J connectivity index is 1.61. The topological polar surface area (TPSA) is 121 Å². The van der Waals surface area contributed by atoms with Crippen LogP contribution in [0, 0.1) is 14.9 Å². The normalized spacial score (nSPS) is 14.2. The van der Waals surface area contributed by atoms with Crippen LogP contribution in [-0.4, -0.2) is 37.0 Å². The molecule has 1 aromatic heterocycles. The maximum absolute atomic E-state index is 14.3. The molecule has 0 bridgehead atoms. The van der Waals surface area contributed by atoms with Crippen LogP contribution in [0.4, 0.5) is 0 Å². The molecule has 0 radical (unpaired) electrons. The Morgan fingerprint density at radius 2 is 1.86 bits per heavy atom. The number of nitriles is 1. The van der Waals surface area contributed by atoms with E-state index in [1.807, 2.05) is 57.2 Å². The highest BCUT2D eigenvalue weighted by Crippen LogP contribution is 2.37. The smallest absolute Gasteiger partial charge is 0.338 e. The molecule has 2 heterocycles. The quantitative estimate of drug-likeness (QED) is 0.126. The molecule has 0 saturated carbocycles. The van der Waals surface area contributed by atoms with Crippen molar-refractivity contribution >= 4 is 46.0 Å². The first-order valence-electron chi connectivity index (χ1n) is 15.7. The van der Waals surface area contributed by atoms with Crippen LogP contribution in [0.15, 0.2) is 75.7 Å². The molecule has 49 heavy (non-hydrogen) atoms.